The number of hydrogen-bond donors (Lipinski definition) is 0. The molecule has 154 valence electrons. The zero-order valence-electron chi connectivity index (χ0n) is 17.4. The molecule has 1 aromatic carbocycles. The first-order valence-electron chi connectivity index (χ1n) is 10.4. The maximum absolute atomic E-state index is 12.9. The number of piperidine rings is 1. The Balaban J connectivity index is 1.69. The maximum atomic E-state index is 12.9. The molecule has 2 heterocycles. The minimum absolute atomic E-state index is 0.186. The molecule has 1 saturated heterocycles. The van der Waals surface area contributed by atoms with Gasteiger partial charge >= 0.3 is 5.97 Å². The molecule has 6 nitrogen and oxygen atoms in total. The van der Waals surface area contributed by atoms with Crippen molar-refractivity contribution >= 4 is 5.97 Å². The molecule has 4 bridgehead atoms. The van der Waals surface area contributed by atoms with E-state index in [4.69, 9.17) is 18.9 Å². The lowest BCUT2D eigenvalue weighted by atomic mass is 9.37. The lowest BCUT2D eigenvalue weighted by Gasteiger charge is -2.70. The zero-order chi connectivity index (χ0) is 20.2. The second-order valence-corrected chi connectivity index (χ2v) is 9.26. The number of methoxy groups -OCH3 is 3. The van der Waals surface area contributed by atoms with Gasteiger partial charge in [-0.1, -0.05) is 18.2 Å². The zero-order valence-corrected chi connectivity index (χ0v) is 17.4. The first-order chi connectivity index (χ1) is 14.0. The van der Waals surface area contributed by atoms with Crippen LogP contribution < -0.4 is 9.47 Å². The minimum Gasteiger partial charge on any atom is -0.493 e. The molecule has 29 heavy (non-hydrogen) atoms. The monoisotopic (exact) mass is 397 g/mol. The topological polar surface area (TPSA) is 57.2 Å². The van der Waals surface area contributed by atoms with Gasteiger partial charge in [0.1, 0.15) is 11.7 Å². The predicted octanol–water partition coefficient (Wildman–Crippen LogP) is 2.09. The predicted molar refractivity (Wildman–Crippen MR) is 105 cm³/mol. The van der Waals surface area contributed by atoms with E-state index in [9.17, 15) is 4.79 Å². The van der Waals surface area contributed by atoms with Gasteiger partial charge in [-0.15, -0.1) is 0 Å². The fourth-order valence-corrected chi connectivity index (χ4v) is 7.61. The van der Waals surface area contributed by atoms with Gasteiger partial charge in [-0.05, 0) is 44.5 Å². The van der Waals surface area contributed by atoms with Crippen LogP contribution in [0, 0.1) is 11.3 Å². The summed E-state index contributed by atoms with van der Waals surface area (Å²) in [6, 6.07) is 4.53. The quantitative estimate of drug-likeness (QED) is 0.575. The van der Waals surface area contributed by atoms with E-state index in [1.807, 2.05) is 6.07 Å². The van der Waals surface area contributed by atoms with E-state index < -0.39 is 11.5 Å². The van der Waals surface area contributed by atoms with E-state index in [1.54, 1.807) is 14.2 Å². The van der Waals surface area contributed by atoms with Crippen LogP contribution >= 0.6 is 0 Å². The summed E-state index contributed by atoms with van der Waals surface area (Å²) >= 11 is 0. The maximum Gasteiger partial charge on any atom is 0.312 e. The molecule has 4 aliphatic carbocycles. The largest absolute Gasteiger partial charge is 0.493 e. The summed E-state index contributed by atoms with van der Waals surface area (Å²) in [7, 11) is 7.05. The lowest BCUT2D eigenvalue weighted by Crippen LogP contribution is -2.79. The van der Waals surface area contributed by atoms with Crippen LogP contribution in [-0.4, -0.2) is 63.5 Å². The van der Waals surface area contributed by atoms with Gasteiger partial charge in [-0.3, -0.25) is 4.79 Å². The molecule has 7 rings (SSSR count). The van der Waals surface area contributed by atoms with Gasteiger partial charge in [0.25, 0.3) is 0 Å². The number of esters is 1. The van der Waals surface area contributed by atoms with E-state index in [0.29, 0.717) is 6.04 Å². The van der Waals surface area contributed by atoms with Crippen molar-refractivity contribution in [3.05, 3.63) is 35.4 Å². The molecule has 6 atom stereocenters. The van der Waals surface area contributed by atoms with Crippen LogP contribution in [-0.2, 0) is 26.1 Å². The van der Waals surface area contributed by atoms with Crippen LogP contribution in [0.4, 0.5) is 0 Å². The Morgan fingerprint density at radius 3 is 2.79 bits per heavy atom. The molecule has 0 radical (unpaired) electrons. The third kappa shape index (κ3) is 1.65. The summed E-state index contributed by atoms with van der Waals surface area (Å²) in [6.07, 6.45) is 6.82. The van der Waals surface area contributed by atoms with Crippen LogP contribution in [0.3, 0.4) is 0 Å². The van der Waals surface area contributed by atoms with Gasteiger partial charge in [-0.2, -0.15) is 0 Å². The second kappa shape index (κ2) is 5.35. The Bertz CT molecular complexity index is 959. The number of benzene rings is 1. The number of likely N-dealkylation sites (tertiary alicyclic amines) is 1. The van der Waals surface area contributed by atoms with Crippen LogP contribution in [0.2, 0.25) is 0 Å². The van der Waals surface area contributed by atoms with Gasteiger partial charge in [-0.25, -0.2) is 0 Å². The Kier molecular flexibility index (Phi) is 3.28. The van der Waals surface area contributed by atoms with Crippen molar-refractivity contribution < 1.29 is 23.7 Å². The SMILES string of the molecule is COC(=O)[C@@H]1C[C@@]23C=C[C@@]1(OC)[C@@H]1Oc4c(OC)ccc5c4[C@@]12CCN(C)[C@H]3C5. The van der Waals surface area contributed by atoms with Crippen LogP contribution in [0.25, 0.3) is 0 Å². The van der Waals surface area contributed by atoms with Crippen molar-refractivity contribution in [1.29, 1.82) is 0 Å². The van der Waals surface area contributed by atoms with E-state index in [0.717, 1.165) is 37.3 Å². The highest BCUT2D eigenvalue weighted by Gasteiger charge is 2.80. The van der Waals surface area contributed by atoms with Gasteiger partial charge < -0.3 is 23.8 Å². The van der Waals surface area contributed by atoms with Gasteiger partial charge in [0.05, 0.1) is 25.6 Å². The molecule has 6 heteroatoms. The minimum atomic E-state index is -0.839. The smallest absolute Gasteiger partial charge is 0.312 e. The Hall–Kier alpha value is -2.05. The highest BCUT2D eigenvalue weighted by Crippen LogP contribution is 2.74. The average Bonchev–Trinajstić information content (AvgIpc) is 3.12. The van der Waals surface area contributed by atoms with E-state index >= 15 is 0 Å². The average molecular weight is 397 g/mol. The number of carbonyl (C=O) groups is 1. The molecular weight excluding hydrogens is 370 g/mol. The Morgan fingerprint density at radius 1 is 1.24 bits per heavy atom. The molecule has 0 aromatic heterocycles. The molecule has 2 fully saturated rings. The normalized spacial score (nSPS) is 43.0. The van der Waals surface area contributed by atoms with Crippen molar-refractivity contribution in [2.75, 3.05) is 34.9 Å². The molecule has 1 aromatic rings. The summed E-state index contributed by atoms with van der Waals surface area (Å²) in [4.78, 5) is 15.4. The van der Waals surface area contributed by atoms with Gasteiger partial charge in [0.15, 0.2) is 11.5 Å². The summed E-state index contributed by atoms with van der Waals surface area (Å²) in [5, 5.41) is 0. The number of hydrogen-bond acceptors (Lipinski definition) is 6. The highest BCUT2D eigenvalue weighted by molar-refractivity contribution is 5.78. The Morgan fingerprint density at radius 2 is 2.07 bits per heavy atom. The lowest BCUT2D eigenvalue weighted by molar-refractivity contribution is -0.221. The van der Waals surface area contributed by atoms with Crippen LogP contribution in [0.1, 0.15) is 24.0 Å². The van der Waals surface area contributed by atoms with Crippen LogP contribution in [0.15, 0.2) is 24.3 Å². The number of fused-ring (bicyclic) bond motifs is 1. The molecule has 0 unspecified atom stereocenters. The Labute approximate surface area is 170 Å². The van der Waals surface area contributed by atoms with Crippen molar-refractivity contribution in [2.45, 2.75) is 42.4 Å². The molecule has 2 aliphatic heterocycles. The first-order valence-corrected chi connectivity index (χ1v) is 10.4. The number of likely N-dealkylation sites (N-methyl/N-ethyl adjacent to an activating group) is 1. The summed E-state index contributed by atoms with van der Waals surface area (Å²) in [6.45, 7) is 0.999. The molecular formula is C23H27NO5. The van der Waals surface area contributed by atoms with E-state index in [2.05, 4.69) is 30.2 Å². The van der Waals surface area contributed by atoms with Crippen molar-refractivity contribution in [3.8, 4) is 11.5 Å². The third-order valence-electron chi connectivity index (χ3n) is 8.76. The fraction of sp³-hybridized carbons (Fsp3) is 0.609. The number of carbonyl (C=O) groups excluding carboxylic acids is 1. The fourth-order valence-electron chi connectivity index (χ4n) is 7.61. The second-order valence-electron chi connectivity index (χ2n) is 9.26. The van der Waals surface area contributed by atoms with E-state index in [1.165, 1.54) is 18.2 Å². The molecule has 2 spiro atoms. The van der Waals surface area contributed by atoms with E-state index in [-0.39, 0.29) is 22.9 Å². The highest BCUT2D eigenvalue weighted by atomic mass is 16.6. The molecule has 0 amide bonds. The summed E-state index contributed by atoms with van der Waals surface area (Å²) in [5.41, 5.74) is 1.40. The molecule has 0 N–H and O–H groups in total. The summed E-state index contributed by atoms with van der Waals surface area (Å²) in [5.74, 6) is 0.998. The standard InChI is InChI=1S/C23H27NO5/c1-24-10-9-22-17-13-5-6-15(26-2)18(17)29-20(22)23(28-4)8-7-21(22,16(24)11-13)12-14(23)19(25)27-3/h5-8,14,16,20H,9-12H2,1-4H3/t14-,16-,20+,21+,22-,23-/m0/s1. The van der Waals surface area contributed by atoms with Gasteiger partial charge in [0.2, 0.25) is 0 Å². The van der Waals surface area contributed by atoms with Crippen LogP contribution in [0.5, 0.6) is 11.5 Å². The number of rotatable bonds is 3. The first kappa shape index (κ1) is 17.8. The van der Waals surface area contributed by atoms with Gasteiger partial charge in [0, 0.05) is 24.1 Å². The number of ether oxygens (including phenoxy) is 4. The third-order valence-corrected chi connectivity index (χ3v) is 8.76. The summed E-state index contributed by atoms with van der Waals surface area (Å²) < 4.78 is 23.9. The molecule has 1 saturated carbocycles. The van der Waals surface area contributed by atoms with Crippen molar-refractivity contribution in [1.82, 2.24) is 4.90 Å². The van der Waals surface area contributed by atoms with Crippen molar-refractivity contribution in [3.63, 3.8) is 0 Å². The van der Waals surface area contributed by atoms with Crippen molar-refractivity contribution in [2.24, 2.45) is 11.3 Å². The molecule has 6 aliphatic rings. The number of nitrogens with zero attached hydrogens (tertiary/aromatic N) is 1.